The molecule has 0 heterocycles. The molecule has 0 N–H and O–H groups in total. The standard InChI is InChI=1S/C29H30O2P2/c30-32(26-16-6-1-7-17-26,27-18-8-2-9-19-27)24-14-5-15-25-33(31,28-20-10-3-11-21-28)29-22-12-4-13-23-29/h1-4,6-13,16-23H,5,14-15,24-25H2. The van der Waals surface area contributed by atoms with Crippen molar-refractivity contribution in [2.24, 2.45) is 0 Å². The van der Waals surface area contributed by atoms with Crippen LogP contribution < -0.4 is 21.2 Å². The Balaban J connectivity index is 1.47. The Bertz CT molecular complexity index is 1040. The average Bonchev–Trinajstić information content (AvgIpc) is 2.90. The smallest absolute Gasteiger partial charge is 0.143 e. The lowest BCUT2D eigenvalue weighted by atomic mass is 10.3. The summed E-state index contributed by atoms with van der Waals surface area (Å²) in [5.41, 5.74) is 0. The highest BCUT2D eigenvalue weighted by atomic mass is 31.2. The zero-order chi connectivity index (χ0) is 23.0. The van der Waals surface area contributed by atoms with Crippen molar-refractivity contribution in [3.05, 3.63) is 121 Å². The first-order valence-electron chi connectivity index (χ1n) is 11.5. The zero-order valence-electron chi connectivity index (χ0n) is 18.8. The van der Waals surface area contributed by atoms with Gasteiger partial charge in [0, 0.05) is 33.5 Å². The third-order valence-corrected chi connectivity index (χ3v) is 12.6. The van der Waals surface area contributed by atoms with Crippen LogP contribution in [0.3, 0.4) is 0 Å². The van der Waals surface area contributed by atoms with Gasteiger partial charge in [-0.25, -0.2) is 0 Å². The molecule has 0 radical (unpaired) electrons. The van der Waals surface area contributed by atoms with Gasteiger partial charge >= 0.3 is 0 Å². The highest BCUT2D eigenvalue weighted by molar-refractivity contribution is 7.79. The monoisotopic (exact) mass is 472 g/mol. The molecule has 0 aromatic heterocycles. The topological polar surface area (TPSA) is 34.1 Å². The lowest BCUT2D eigenvalue weighted by molar-refractivity contribution is 0.581. The minimum absolute atomic E-state index is 0.627. The lowest BCUT2D eigenvalue weighted by Crippen LogP contribution is -2.19. The van der Waals surface area contributed by atoms with E-state index in [0.717, 1.165) is 40.5 Å². The van der Waals surface area contributed by atoms with Crippen molar-refractivity contribution >= 4 is 35.5 Å². The second-order valence-corrected chi connectivity index (χ2v) is 14.2. The molecule has 0 aliphatic rings. The van der Waals surface area contributed by atoms with E-state index < -0.39 is 14.3 Å². The molecule has 4 aromatic carbocycles. The SMILES string of the molecule is O=P(CCCCCP(=O)(c1ccccc1)c1ccccc1)(c1ccccc1)c1ccccc1. The maximum absolute atomic E-state index is 14.2. The van der Waals surface area contributed by atoms with Crippen molar-refractivity contribution in [3.8, 4) is 0 Å². The first kappa shape index (κ1) is 23.5. The normalized spacial score (nSPS) is 11.9. The van der Waals surface area contributed by atoms with Gasteiger partial charge < -0.3 is 9.13 Å². The van der Waals surface area contributed by atoms with Gasteiger partial charge in [-0.05, 0) is 12.8 Å². The first-order chi connectivity index (χ1) is 16.1. The number of rotatable bonds is 10. The fraction of sp³-hybridized carbons (Fsp3) is 0.172. The van der Waals surface area contributed by atoms with E-state index in [-0.39, 0.29) is 0 Å². The van der Waals surface area contributed by atoms with Crippen molar-refractivity contribution in [1.29, 1.82) is 0 Å². The van der Waals surface area contributed by atoms with E-state index in [4.69, 9.17) is 0 Å². The molecule has 0 spiro atoms. The van der Waals surface area contributed by atoms with Gasteiger partial charge in [-0.15, -0.1) is 0 Å². The number of hydrogen-bond acceptors (Lipinski definition) is 2. The molecule has 0 saturated heterocycles. The molecule has 0 bridgehead atoms. The molecule has 4 heteroatoms. The third kappa shape index (κ3) is 5.47. The summed E-state index contributed by atoms with van der Waals surface area (Å²) in [5.74, 6) is 0. The van der Waals surface area contributed by atoms with Crippen LogP contribution in [0.2, 0.25) is 0 Å². The predicted octanol–water partition coefficient (Wildman–Crippen LogP) is 6.18. The van der Waals surface area contributed by atoms with E-state index in [1.165, 1.54) is 0 Å². The molecular weight excluding hydrogens is 442 g/mol. The molecule has 0 unspecified atom stereocenters. The molecule has 2 nitrogen and oxygen atoms in total. The highest BCUT2D eigenvalue weighted by Crippen LogP contribution is 2.46. The zero-order valence-corrected chi connectivity index (χ0v) is 20.6. The van der Waals surface area contributed by atoms with Crippen molar-refractivity contribution in [3.63, 3.8) is 0 Å². The second-order valence-electron chi connectivity index (χ2n) is 8.33. The fourth-order valence-corrected chi connectivity index (χ4v) is 9.92. The average molecular weight is 473 g/mol. The molecule has 0 atom stereocenters. The minimum Gasteiger partial charge on any atom is -0.314 e. The Morgan fingerprint density at radius 3 is 0.848 bits per heavy atom. The molecule has 33 heavy (non-hydrogen) atoms. The number of hydrogen-bond donors (Lipinski definition) is 0. The first-order valence-corrected chi connectivity index (χ1v) is 15.3. The molecule has 0 fully saturated rings. The maximum atomic E-state index is 14.2. The summed E-state index contributed by atoms with van der Waals surface area (Å²) < 4.78 is 28.3. The van der Waals surface area contributed by atoms with Crippen LogP contribution in [0, 0.1) is 0 Å². The minimum atomic E-state index is -2.69. The van der Waals surface area contributed by atoms with Crippen LogP contribution in [0.5, 0.6) is 0 Å². The van der Waals surface area contributed by atoms with E-state index in [2.05, 4.69) is 0 Å². The predicted molar refractivity (Wildman–Crippen MR) is 143 cm³/mol. The third-order valence-electron chi connectivity index (χ3n) is 6.14. The Kier molecular flexibility index (Phi) is 7.81. The van der Waals surface area contributed by atoms with Gasteiger partial charge in [-0.2, -0.15) is 0 Å². The molecule has 0 saturated carbocycles. The number of unbranched alkanes of at least 4 members (excludes halogenated alkanes) is 2. The fourth-order valence-electron chi connectivity index (χ4n) is 4.34. The summed E-state index contributed by atoms with van der Waals surface area (Å²) in [6, 6.07) is 39.4. The molecule has 4 rings (SSSR count). The van der Waals surface area contributed by atoms with Crippen LogP contribution in [0.1, 0.15) is 19.3 Å². The largest absolute Gasteiger partial charge is 0.314 e. The summed E-state index contributed by atoms with van der Waals surface area (Å²) in [6.07, 6.45) is 3.83. The molecule has 0 amide bonds. The molecule has 168 valence electrons. The van der Waals surface area contributed by atoms with Gasteiger partial charge in [0.15, 0.2) is 0 Å². The Morgan fingerprint density at radius 2 is 0.606 bits per heavy atom. The van der Waals surface area contributed by atoms with Gasteiger partial charge in [-0.1, -0.05) is 128 Å². The molecule has 0 aliphatic carbocycles. The van der Waals surface area contributed by atoms with E-state index in [0.29, 0.717) is 12.3 Å². The molecule has 4 aromatic rings. The van der Waals surface area contributed by atoms with Gasteiger partial charge in [0.2, 0.25) is 0 Å². The molecular formula is C29H30O2P2. The Morgan fingerprint density at radius 1 is 0.364 bits per heavy atom. The van der Waals surface area contributed by atoms with Crippen LogP contribution in [-0.2, 0) is 9.13 Å². The highest BCUT2D eigenvalue weighted by Gasteiger charge is 2.28. The van der Waals surface area contributed by atoms with Crippen molar-refractivity contribution in [2.45, 2.75) is 19.3 Å². The van der Waals surface area contributed by atoms with Crippen LogP contribution in [0.25, 0.3) is 0 Å². The Hall–Kier alpha value is -2.66. The van der Waals surface area contributed by atoms with Crippen LogP contribution >= 0.6 is 14.3 Å². The second kappa shape index (κ2) is 11.0. The van der Waals surface area contributed by atoms with Gasteiger partial charge in [-0.3, -0.25) is 0 Å². The van der Waals surface area contributed by atoms with Crippen molar-refractivity contribution in [1.82, 2.24) is 0 Å². The summed E-state index contributed by atoms with van der Waals surface area (Å²) in [6.45, 7) is 0. The van der Waals surface area contributed by atoms with Crippen molar-refractivity contribution in [2.75, 3.05) is 12.3 Å². The van der Waals surface area contributed by atoms with Crippen LogP contribution in [0.15, 0.2) is 121 Å². The van der Waals surface area contributed by atoms with E-state index >= 15 is 0 Å². The summed E-state index contributed by atoms with van der Waals surface area (Å²) in [4.78, 5) is 0. The number of benzene rings is 4. The summed E-state index contributed by atoms with van der Waals surface area (Å²) in [7, 11) is -5.38. The maximum Gasteiger partial charge on any atom is 0.143 e. The van der Waals surface area contributed by atoms with Gasteiger partial charge in [0.05, 0.1) is 0 Å². The summed E-state index contributed by atoms with van der Waals surface area (Å²) in [5, 5.41) is 3.65. The van der Waals surface area contributed by atoms with Gasteiger partial charge in [0.25, 0.3) is 0 Å². The van der Waals surface area contributed by atoms with Gasteiger partial charge in [0.1, 0.15) is 14.3 Å². The van der Waals surface area contributed by atoms with E-state index in [1.807, 2.05) is 121 Å². The molecule has 0 aliphatic heterocycles. The van der Waals surface area contributed by atoms with Crippen molar-refractivity contribution < 1.29 is 9.13 Å². The summed E-state index contributed by atoms with van der Waals surface area (Å²) >= 11 is 0. The van der Waals surface area contributed by atoms with E-state index in [9.17, 15) is 9.13 Å². The lowest BCUT2D eigenvalue weighted by Gasteiger charge is -2.21. The Labute approximate surface area is 197 Å². The van der Waals surface area contributed by atoms with Crippen LogP contribution in [0.4, 0.5) is 0 Å². The van der Waals surface area contributed by atoms with E-state index in [1.54, 1.807) is 0 Å². The quantitative estimate of drug-likeness (QED) is 0.204. The van der Waals surface area contributed by atoms with Crippen LogP contribution in [-0.4, -0.2) is 12.3 Å².